The van der Waals surface area contributed by atoms with Crippen molar-refractivity contribution in [1.29, 1.82) is 0 Å². The van der Waals surface area contributed by atoms with Gasteiger partial charge in [0, 0.05) is 30.7 Å². The maximum absolute atomic E-state index is 11.5. The van der Waals surface area contributed by atoms with E-state index in [1.54, 1.807) is 0 Å². The number of hydrogen-bond donors (Lipinski definition) is 1. The first kappa shape index (κ1) is 15.2. The molecule has 0 heterocycles. The van der Waals surface area contributed by atoms with Crippen LogP contribution >= 0.6 is 15.9 Å². The van der Waals surface area contributed by atoms with Gasteiger partial charge in [-0.25, -0.2) is 0 Å². The average Bonchev–Trinajstić information content (AvgIpc) is 2.37. The van der Waals surface area contributed by atoms with Crippen molar-refractivity contribution in [2.75, 3.05) is 19.8 Å². The average molecular weight is 314 g/mol. The standard InChI is InChI=1S/C14H20BrNO2/c1-2-18-11-5-8-14(17)16-10-9-12-6-3-4-7-13(12)15/h3-4,6-7H,2,5,8-11H2,1H3,(H,16,17). The van der Waals surface area contributed by atoms with Crippen LogP contribution in [0.3, 0.4) is 0 Å². The van der Waals surface area contributed by atoms with E-state index in [1.165, 1.54) is 5.56 Å². The Balaban J connectivity index is 2.14. The van der Waals surface area contributed by atoms with Crippen molar-refractivity contribution in [1.82, 2.24) is 5.32 Å². The minimum Gasteiger partial charge on any atom is -0.382 e. The van der Waals surface area contributed by atoms with Crippen LogP contribution < -0.4 is 5.32 Å². The molecule has 0 fully saturated rings. The third-order valence-electron chi connectivity index (χ3n) is 2.57. The summed E-state index contributed by atoms with van der Waals surface area (Å²) in [5.74, 6) is 0.0988. The van der Waals surface area contributed by atoms with Crippen molar-refractivity contribution in [2.45, 2.75) is 26.2 Å². The summed E-state index contributed by atoms with van der Waals surface area (Å²) in [5, 5.41) is 2.92. The Morgan fingerprint density at radius 2 is 2.17 bits per heavy atom. The van der Waals surface area contributed by atoms with Crippen LogP contribution in [0, 0.1) is 0 Å². The predicted octanol–water partition coefficient (Wildman–Crippen LogP) is 2.92. The number of hydrogen-bond acceptors (Lipinski definition) is 2. The van der Waals surface area contributed by atoms with E-state index in [1.807, 2.05) is 25.1 Å². The molecule has 0 saturated heterocycles. The molecule has 1 rings (SSSR count). The second kappa shape index (κ2) is 9.11. The van der Waals surface area contributed by atoms with Crippen LogP contribution in [0.5, 0.6) is 0 Å². The van der Waals surface area contributed by atoms with Gasteiger partial charge in [0.1, 0.15) is 0 Å². The van der Waals surface area contributed by atoms with E-state index < -0.39 is 0 Å². The van der Waals surface area contributed by atoms with E-state index in [9.17, 15) is 4.79 Å². The van der Waals surface area contributed by atoms with Gasteiger partial charge in [-0.05, 0) is 31.4 Å². The second-order valence-electron chi connectivity index (χ2n) is 3.99. The quantitative estimate of drug-likeness (QED) is 0.749. The number of carbonyl (C=O) groups excluding carboxylic acids is 1. The first-order valence-corrected chi connectivity index (χ1v) is 7.11. The number of benzene rings is 1. The first-order chi connectivity index (χ1) is 8.74. The Hall–Kier alpha value is -0.870. The maximum atomic E-state index is 11.5. The van der Waals surface area contributed by atoms with Crippen LogP contribution in [-0.4, -0.2) is 25.7 Å². The Morgan fingerprint density at radius 3 is 2.89 bits per heavy atom. The highest BCUT2D eigenvalue weighted by molar-refractivity contribution is 9.10. The number of ether oxygens (including phenoxy) is 1. The third-order valence-corrected chi connectivity index (χ3v) is 3.34. The Labute approximate surface area is 117 Å². The van der Waals surface area contributed by atoms with E-state index in [2.05, 4.69) is 27.3 Å². The van der Waals surface area contributed by atoms with Gasteiger partial charge in [-0.2, -0.15) is 0 Å². The molecular formula is C14H20BrNO2. The van der Waals surface area contributed by atoms with E-state index in [-0.39, 0.29) is 5.91 Å². The lowest BCUT2D eigenvalue weighted by atomic mass is 10.1. The molecule has 0 aliphatic rings. The largest absolute Gasteiger partial charge is 0.382 e. The smallest absolute Gasteiger partial charge is 0.220 e. The van der Waals surface area contributed by atoms with E-state index in [0.717, 1.165) is 17.3 Å². The number of nitrogens with one attached hydrogen (secondary N) is 1. The lowest BCUT2D eigenvalue weighted by Gasteiger charge is -2.06. The van der Waals surface area contributed by atoms with Crippen molar-refractivity contribution in [2.24, 2.45) is 0 Å². The fourth-order valence-electron chi connectivity index (χ4n) is 1.61. The molecule has 0 aromatic heterocycles. The highest BCUT2D eigenvalue weighted by Crippen LogP contribution is 2.15. The Morgan fingerprint density at radius 1 is 1.39 bits per heavy atom. The van der Waals surface area contributed by atoms with Gasteiger partial charge in [0.05, 0.1) is 0 Å². The van der Waals surface area contributed by atoms with Crippen LogP contribution in [0.25, 0.3) is 0 Å². The van der Waals surface area contributed by atoms with Crippen molar-refractivity contribution >= 4 is 21.8 Å². The van der Waals surface area contributed by atoms with Crippen LogP contribution in [0.15, 0.2) is 28.7 Å². The topological polar surface area (TPSA) is 38.3 Å². The molecule has 0 aliphatic carbocycles. The molecule has 0 aliphatic heterocycles. The summed E-state index contributed by atoms with van der Waals surface area (Å²) in [6.45, 7) is 4.01. The molecule has 1 aromatic rings. The predicted molar refractivity (Wildman–Crippen MR) is 76.6 cm³/mol. The van der Waals surface area contributed by atoms with Crippen molar-refractivity contribution in [3.05, 3.63) is 34.3 Å². The molecule has 0 unspecified atom stereocenters. The second-order valence-corrected chi connectivity index (χ2v) is 4.85. The normalized spacial score (nSPS) is 10.3. The van der Waals surface area contributed by atoms with Crippen LogP contribution in [0.1, 0.15) is 25.3 Å². The molecule has 4 heteroatoms. The summed E-state index contributed by atoms with van der Waals surface area (Å²) >= 11 is 3.49. The summed E-state index contributed by atoms with van der Waals surface area (Å²) in [4.78, 5) is 11.5. The third kappa shape index (κ3) is 6.17. The van der Waals surface area contributed by atoms with Gasteiger partial charge in [0.15, 0.2) is 0 Å². The lowest BCUT2D eigenvalue weighted by molar-refractivity contribution is -0.121. The minimum absolute atomic E-state index is 0.0988. The van der Waals surface area contributed by atoms with Crippen LogP contribution in [0.4, 0.5) is 0 Å². The lowest BCUT2D eigenvalue weighted by Crippen LogP contribution is -2.25. The number of halogens is 1. The molecular weight excluding hydrogens is 294 g/mol. The van der Waals surface area contributed by atoms with Crippen molar-refractivity contribution in [3.63, 3.8) is 0 Å². The summed E-state index contributed by atoms with van der Waals surface area (Å²) in [5.41, 5.74) is 1.21. The molecule has 0 spiro atoms. The van der Waals surface area contributed by atoms with Crippen molar-refractivity contribution < 1.29 is 9.53 Å². The first-order valence-electron chi connectivity index (χ1n) is 6.32. The molecule has 1 N–H and O–H groups in total. The maximum Gasteiger partial charge on any atom is 0.220 e. The van der Waals surface area contributed by atoms with Crippen LogP contribution in [-0.2, 0) is 16.0 Å². The van der Waals surface area contributed by atoms with Gasteiger partial charge in [-0.1, -0.05) is 34.1 Å². The van der Waals surface area contributed by atoms with E-state index in [4.69, 9.17) is 4.74 Å². The van der Waals surface area contributed by atoms with Crippen LogP contribution in [0.2, 0.25) is 0 Å². The molecule has 18 heavy (non-hydrogen) atoms. The van der Waals surface area contributed by atoms with E-state index >= 15 is 0 Å². The van der Waals surface area contributed by atoms with E-state index in [0.29, 0.717) is 26.2 Å². The molecule has 0 bridgehead atoms. The zero-order chi connectivity index (χ0) is 13.2. The van der Waals surface area contributed by atoms with Gasteiger partial charge in [-0.3, -0.25) is 4.79 Å². The van der Waals surface area contributed by atoms with Gasteiger partial charge in [0.25, 0.3) is 0 Å². The zero-order valence-electron chi connectivity index (χ0n) is 10.7. The molecule has 0 saturated carbocycles. The Bertz CT molecular complexity index is 369. The minimum atomic E-state index is 0.0988. The molecule has 1 aromatic carbocycles. The monoisotopic (exact) mass is 313 g/mol. The molecule has 3 nitrogen and oxygen atoms in total. The summed E-state index contributed by atoms with van der Waals surface area (Å²) in [7, 11) is 0. The number of rotatable bonds is 8. The molecule has 0 radical (unpaired) electrons. The molecule has 1 amide bonds. The van der Waals surface area contributed by atoms with Crippen molar-refractivity contribution in [3.8, 4) is 0 Å². The zero-order valence-corrected chi connectivity index (χ0v) is 12.3. The molecule has 100 valence electrons. The summed E-state index contributed by atoms with van der Waals surface area (Å²) in [6, 6.07) is 8.06. The Kier molecular flexibility index (Phi) is 7.69. The van der Waals surface area contributed by atoms with Gasteiger partial charge < -0.3 is 10.1 Å². The van der Waals surface area contributed by atoms with Gasteiger partial charge >= 0.3 is 0 Å². The fourth-order valence-corrected chi connectivity index (χ4v) is 2.09. The molecule has 0 atom stereocenters. The van der Waals surface area contributed by atoms with Gasteiger partial charge in [-0.15, -0.1) is 0 Å². The SMILES string of the molecule is CCOCCCC(=O)NCCc1ccccc1Br. The highest BCUT2D eigenvalue weighted by Gasteiger charge is 2.02. The number of amides is 1. The summed E-state index contributed by atoms with van der Waals surface area (Å²) in [6.07, 6.45) is 2.17. The highest BCUT2D eigenvalue weighted by atomic mass is 79.9. The fraction of sp³-hybridized carbons (Fsp3) is 0.500. The number of carbonyl (C=O) groups is 1. The summed E-state index contributed by atoms with van der Waals surface area (Å²) < 4.78 is 6.28. The van der Waals surface area contributed by atoms with Gasteiger partial charge in [0.2, 0.25) is 5.91 Å².